The van der Waals surface area contributed by atoms with Crippen LogP contribution in [-0.2, 0) is 4.79 Å². The quantitative estimate of drug-likeness (QED) is 0.309. The third-order valence-corrected chi connectivity index (χ3v) is 5.93. The molecule has 0 saturated carbocycles. The maximum Gasteiger partial charge on any atom is 0.234 e. The number of rotatable bonds is 6. The fourth-order valence-corrected chi connectivity index (χ4v) is 4.06. The molecule has 156 valence electrons. The van der Waals surface area contributed by atoms with Crippen molar-refractivity contribution in [3.8, 4) is 17.1 Å². The molecular weight excluding hydrogens is 475 g/mol. The minimum Gasteiger partial charge on any atom is -0.325 e. The van der Waals surface area contributed by atoms with Crippen LogP contribution in [0, 0.1) is 0 Å². The first-order valence-corrected chi connectivity index (χ1v) is 11.3. The lowest BCUT2D eigenvalue weighted by atomic mass is 10.2. The average Bonchev–Trinajstić information content (AvgIpc) is 3.17. The van der Waals surface area contributed by atoms with E-state index in [2.05, 4.69) is 15.5 Å². The molecule has 3 aromatic carbocycles. The lowest BCUT2D eigenvalue weighted by Gasteiger charge is -2.11. The number of anilines is 1. The molecule has 0 saturated heterocycles. The van der Waals surface area contributed by atoms with E-state index in [9.17, 15) is 4.79 Å². The van der Waals surface area contributed by atoms with E-state index < -0.39 is 0 Å². The van der Waals surface area contributed by atoms with Crippen LogP contribution < -0.4 is 5.32 Å². The van der Waals surface area contributed by atoms with E-state index >= 15 is 0 Å². The van der Waals surface area contributed by atoms with E-state index in [4.69, 9.17) is 34.8 Å². The molecule has 0 aliphatic heterocycles. The zero-order valence-electron chi connectivity index (χ0n) is 15.9. The van der Waals surface area contributed by atoms with Crippen molar-refractivity contribution in [2.45, 2.75) is 5.16 Å². The maximum atomic E-state index is 12.4. The zero-order chi connectivity index (χ0) is 21.8. The number of amides is 1. The van der Waals surface area contributed by atoms with Crippen molar-refractivity contribution >= 4 is 58.2 Å². The minimum absolute atomic E-state index is 0.152. The highest BCUT2D eigenvalue weighted by atomic mass is 35.5. The van der Waals surface area contributed by atoms with E-state index in [-0.39, 0.29) is 11.7 Å². The predicted molar refractivity (Wildman–Crippen MR) is 128 cm³/mol. The van der Waals surface area contributed by atoms with Gasteiger partial charge in [0.1, 0.15) is 0 Å². The van der Waals surface area contributed by atoms with Gasteiger partial charge in [-0.2, -0.15) is 0 Å². The van der Waals surface area contributed by atoms with Gasteiger partial charge < -0.3 is 5.32 Å². The van der Waals surface area contributed by atoms with Crippen molar-refractivity contribution in [2.24, 2.45) is 0 Å². The maximum absolute atomic E-state index is 12.4. The van der Waals surface area contributed by atoms with Gasteiger partial charge in [0, 0.05) is 32.0 Å². The Balaban J connectivity index is 1.60. The van der Waals surface area contributed by atoms with Gasteiger partial charge in [-0.3, -0.25) is 9.36 Å². The smallest absolute Gasteiger partial charge is 0.234 e. The van der Waals surface area contributed by atoms with Crippen LogP contribution in [0.25, 0.3) is 17.1 Å². The summed E-state index contributed by atoms with van der Waals surface area (Å²) in [4.78, 5) is 12.4. The number of hydrogen-bond acceptors (Lipinski definition) is 4. The molecule has 0 radical (unpaired) electrons. The van der Waals surface area contributed by atoms with Gasteiger partial charge in [-0.05, 0) is 66.7 Å². The number of nitrogens with one attached hydrogen (secondary N) is 1. The Morgan fingerprint density at radius 2 is 1.55 bits per heavy atom. The average molecular weight is 490 g/mol. The molecule has 9 heteroatoms. The van der Waals surface area contributed by atoms with Gasteiger partial charge in [0.05, 0.1) is 5.75 Å². The Morgan fingerprint density at radius 3 is 2.23 bits per heavy atom. The van der Waals surface area contributed by atoms with Crippen molar-refractivity contribution in [3.05, 3.63) is 87.9 Å². The van der Waals surface area contributed by atoms with Crippen LogP contribution >= 0.6 is 46.6 Å². The van der Waals surface area contributed by atoms with Gasteiger partial charge in [0.2, 0.25) is 5.91 Å². The summed E-state index contributed by atoms with van der Waals surface area (Å²) in [5.41, 5.74) is 2.32. The largest absolute Gasteiger partial charge is 0.325 e. The molecule has 0 aliphatic carbocycles. The standard InChI is InChI=1S/C22H15Cl3N4OS/c23-15-6-4-14(5-7-15)21-27-28-22(29(21)19-10-8-16(24)9-11-19)31-13-20(30)26-18-3-1-2-17(25)12-18/h1-12H,13H2,(H,26,30). The van der Waals surface area contributed by atoms with Crippen LogP contribution in [0.4, 0.5) is 5.69 Å². The summed E-state index contributed by atoms with van der Waals surface area (Å²) in [5.74, 6) is 0.612. The van der Waals surface area contributed by atoms with Crippen LogP contribution in [-0.4, -0.2) is 26.4 Å². The molecule has 0 spiro atoms. The zero-order valence-corrected chi connectivity index (χ0v) is 19.0. The number of aromatic nitrogens is 3. The molecule has 1 aromatic heterocycles. The van der Waals surface area contributed by atoms with Gasteiger partial charge in [-0.25, -0.2) is 0 Å². The Kier molecular flexibility index (Phi) is 6.83. The van der Waals surface area contributed by atoms with E-state index in [0.717, 1.165) is 11.3 Å². The lowest BCUT2D eigenvalue weighted by molar-refractivity contribution is -0.113. The molecule has 4 aromatic rings. The summed E-state index contributed by atoms with van der Waals surface area (Å²) in [7, 11) is 0. The Labute approximate surface area is 198 Å². The third-order valence-electron chi connectivity index (χ3n) is 4.26. The molecule has 0 unspecified atom stereocenters. The molecule has 0 bridgehead atoms. The first-order chi connectivity index (χ1) is 15.0. The highest BCUT2D eigenvalue weighted by Crippen LogP contribution is 2.29. The molecular formula is C22H15Cl3N4OS. The predicted octanol–water partition coefficient (Wildman–Crippen LogP) is 6.63. The number of nitrogens with zero attached hydrogens (tertiary/aromatic N) is 3. The fourth-order valence-electron chi connectivity index (χ4n) is 2.87. The summed E-state index contributed by atoms with van der Waals surface area (Å²) < 4.78 is 1.89. The van der Waals surface area contributed by atoms with Gasteiger partial charge in [-0.15, -0.1) is 10.2 Å². The van der Waals surface area contributed by atoms with Gasteiger partial charge >= 0.3 is 0 Å². The van der Waals surface area contributed by atoms with E-state index in [1.807, 2.05) is 28.8 Å². The Bertz CT molecular complexity index is 1210. The van der Waals surface area contributed by atoms with E-state index in [0.29, 0.717) is 31.7 Å². The molecule has 31 heavy (non-hydrogen) atoms. The normalized spacial score (nSPS) is 10.8. The Hall–Kier alpha value is -2.51. The molecule has 1 heterocycles. The summed E-state index contributed by atoms with van der Waals surface area (Å²) in [6.45, 7) is 0. The van der Waals surface area contributed by atoms with Crippen LogP contribution in [0.2, 0.25) is 15.1 Å². The number of carbonyl (C=O) groups is 1. The van der Waals surface area contributed by atoms with Gasteiger partial charge in [-0.1, -0.05) is 52.6 Å². The van der Waals surface area contributed by atoms with Crippen molar-refractivity contribution < 1.29 is 4.79 Å². The number of halogens is 3. The third kappa shape index (κ3) is 5.40. The molecule has 5 nitrogen and oxygen atoms in total. The first kappa shape index (κ1) is 21.7. The van der Waals surface area contributed by atoms with E-state index in [1.165, 1.54) is 11.8 Å². The summed E-state index contributed by atoms with van der Waals surface area (Å²) in [6, 6.07) is 21.7. The molecule has 0 atom stereocenters. The van der Waals surface area contributed by atoms with Gasteiger partial charge in [0.25, 0.3) is 0 Å². The molecule has 0 aliphatic rings. The molecule has 0 fully saturated rings. The van der Waals surface area contributed by atoms with Crippen molar-refractivity contribution in [1.29, 1.82) is 0 Å². The highest BCUT2D eigenvalue weighted by Gasteiger charge is 2.17. The first-order valence-electron chi connectivity index (χ1n) is 9.15. The highest BCUT2D eigenvalue weighted by molar-refractivity contribution is 7.99. The topological polar surface area (TPSA) is 59.8 Å². The summed E-state index contributed by atoms with van der Waals surface area (Å²) in [6.07, 6.45) is 0. The second kappa shape index (κ2) is 9.75. The summed E-state index contributed by atoms with van der Waals surface area (Å²) >= 11 is 19.3. The second-order valence-corrected chi connectivity index (χ2v) is 8.72. The molecule has 4 rings (SSSR count). The van der Waals surface area contributed by atoms with Crippen molar-refractivity contribution in [3.63, 3.8) is 0 Å². The van der Waals surface area contributed by atoms with Crippen molar-refractivity contribution in [2.75, 3.05) is 11.1 Å². The van der Waals surface area contributed by atoms with E-state index in [1.54, 1.807) is 48.5 Å². The monoisotopic (exact) mass is 488 g/mol. The number of carbonyl (C=O) groups excluding carboxylic acids is 1. The second-order valence-electron chi connectivity index (χ2n) is 6.47. The summed E-state index contributed by atoms with van der Waals surface area (Å²) in [5, 5.41) is 13.9. The number of hydrogen-bond donors (Lipinski definition) is 1. The van der Waals surface area contributed by atoms with Crippen LogP contribution in [0.3, 0.4) is 0 Å². The van der Waals surface area contributed by atoms with Crippen LogP contribution in [0.15, 0.2) is 78.0 Å². The fraction of sp³-hybridized carbons (Fsp3) is 0.0455. The Morgan fingerprint density at radius 1 is 0.871 bits per heavy atom. The van der Waals surface area contributed by atoms with Gasteiger partial charge in [0.15, 0.2) is 11.0 Å². The van der Waals surface area contributed by atoms with Crippen LogP contribution in [0.5, 0.6) is 0 Å². The SMILES string of the molecule is O=C(CSc1nnc(-c2ccc(Cl)cc2)n1-c1ccc(Cl)cc1)Nc1cccc(Cl)c1. The van der Waals surface area contributed by atoms with Crippen LogP contribution in [0.1, 0.15) is 0 Å². The molecule has 1 amide bonds. The molecule has 1 N–H and O–H groups in total. The number of thioether (sulfide) groups is 1. The van der Waals surface area contributed by atoms with Crippen molar-refractivity contribution in [1.82, 2.24) is 14.8 Å². The minimum atomic E-state index is -0.175. The number of benzene rings is 3. The lowest BCUT2D eigenvalue weighted by Crippen LogP contribution is -2.14.